The SMILES string of the molecule is CCNc1cc(C(=O)N2CCCC2CN(C)C)cc(Cl)n1. The lowest BCUT2D eigenvalue weighted by Gasteiger charge is -2.27. The van der Waals surface area contributed by atoms with Gasteiger partial charge in [-0.15, -0.1) is 0 Å². The second kappa shape index (κ2) is 7.09. The predicted octanol–water partition coefficient (Wildman–Crippen LogP) is 2.33. The maximum absolute atomic E-state index is 12.7. The second-order valence-corrected chi connectivity index (χ2v) is 6.04. The highest BCUT2D eigenvalue weighted by molar-refractivity contribution is 6.29. The van der Waals surface area contributed by atoms with E-state index in [9.17, 15) is 4.79 Å². The van der Waals surface area contributed by atoms with Crippen molar-refractivity contribution in [1.82, 2.24) is 14.8 Å². The number of halogens is 1. The molecule has 2 rings (SSSR count). The maximum Gasteiger partial charge on any atom is 0.254 e. The number of aromatic nitrogens is 1. The second-order valence-electron chi connectivity index (χ2n) is 5.65. The van der Waals surface area contributed by atoms with Gasteiger partial charge < -0.3 is 15.1 Å². The van der Waals surface area contributed by atoms with Crippen molar-refractivity contribution in [3.63, 3.8) is 0 Å². The molecule has 1 fully saturated rings. The van der Waals surface area contributed by atoms with Crippen LogP contribution in [0.1, 0.15) is 30.1 Å². The Bertz CT molecular complexity index is 506. The molecule has 1 aromatic heterocycles. The summed E-state index contributed by atoms with van der Waals surface area (Å²) in [5.74, 6) is 0.694. The van der Waals surface area contributed by atoms with Crippen molar-refractivity contribution in [3.05, 3.63) is 22.8 Å². The van der Waals surface area contributed by atoms with Gasteiger partial charge in [-0.05, 0) is 46.0 Å². The molecule has 0 radical (unpaired) electrons. The minimum Gasteiger partial charge on any atom is -0.370 e. The first-order valence-corrected chi connectivity index (χ1v) is 7.76. The summed E-state index contributed by atoms with van der Waals surface area (Å²) in [7, 11) is 4.07. The third kappa shape index (κ3) is 4.08. The molecule has 1 aromatic rings. The van der Waals surface area contributed by atoms with Gasteiger partial charge in [0.25, 0.3) is 5.91 Å². The zero-order valence-corrected chi connectivity index (χ0v) is 13.7. The number of hydrogen-bond donors (Lipinski definition) is 1. The van der Waals surface area contributed by atoms with Gasteiger partial charge in [0, 0.05) is 31.2 Å². The third-order valence-corrected chi connectivity index (χ3v) is 3.81. The lowest BCUT2D eigenvalue weighted by Crippen LogP contribution is -2.41. The molecule has 0 bridgehead atoms. The van der Waals surface area contributed by atoms with Crippen LogP contribution in [0.4, 0.5) is 5.82 Å². The number of likely N-dealkylation sites (tertiary alicyclic amines) is 1. The molecule has 6 heteroatoms. The van der Waals surface area contributed by atoms with E-state index in [2.05, 4.69) is 15.2 Å². The third-order valence-electron chi connectivity index (χ3n) is 3.61. The molecule has 0 spiro atoms. The van der Waals surface area contributed by atoms with Crippen LogP contribution < -0.4 is 5.32 Å². The molecule has 1 N–H and O–H groups in total. The molecule has 1 unspecified atom stereocenters. The summed E-state index contributed by atoms with van der Waals surface area (Å²) >= 11 is 6.03. The molecule has 0 aliphatic carbocycles. The molecule has 116 valence electrons. The first-order chi connectivity index (χ1) is 10.0. The standard InChI is InChI=1S/C15H23ClN4O/c1-4-17-14-9-11(8-13(16)18-14)15(21)20-7-5-6-12(20)10-19(2)3/h8-9,12H,4-7,10H2,1-3H3,(H,17,18). The number of rotatable bonds is 5. The fourth-order valence-electron chi connectivity index (χ4n) is 2.77. The number of carbonyl (C=O) groups is 1. The van der Waals surface area contributed by atoms with E-state index in [0.717, 1.165) is 32.5 Å². The molecule has 0 saturated carbocycles. The van der Waals surface area contributed by atoms with Crippen molar-refractivity contribution in [2.24, 2.45) is 0 Å². The van der Waals surface area contributed by atoms with E-state index < -0.39 is 0 Å². The van der Waals surface area contributed by atoms with E-state index in [0.29, 0.717) is 16.5 Å². The topological polar surface area (TPSA) is 48.5 Å². The number of hydrogen-bond acceptors (Lipinski definition) is 4. The summed E-state index contributed by atoms with van der Waals surface area (Å²) in [5, 5.41) is 3.45. The molecule has 0 aromatic carbocycles. The zero-order chi connectivity index (χ0) is 15.4. The van der Waals surface area contributed by atoms with Crippen LogP contribution in [0.5, 0.6) is 0 Å². The van der Waals surface area contributed by atoms with Crippen molar-refractivity contribution in [2.45, 2.75) is 25.8 Å². The summed E-state index contributed by atoms with van der Waals surface area (Å²) < 4.78 is 0. The molecular formula is C15H23ClN4O. The highest BCUT2D eigenvalue weighted by atomic mass is 35.5. The number of likely N-dealkylation sites (N-methyl/N-ethyl adjacent to an activating group) is 1. The van der Waals surface area contributed by atoms with Gasteiger partial charge in [-0.3, -0.25) is 4.79 Å². The van der Waals surface area contributed by atoms with E-state index in [1.54, 1.807) is 12.1 Å². The van der Waals surface area contributed by atoms with Gasteiger partial charge in [0.05, 0.1) is 0 Å². The summed E-state index contributed by atoms with van der Waals surface area (Å²) in [6, 6.07) is 3.71. The zero-order valence-electron chi connectivity index (χ0n) is 12.9. The largest absolute Gasteiger partial charge is 0.370 e. The first-order valence-electron chi connectivity index (χ1n) is 7.38. The van der Waals surface area contributed by atoms with E-state index in [-0.39, 0.29) is 11.9 Å². The molecule has 2 heterocycles. The van der Waals surface area contributed by atoms with Crippen LogP contribution in [-0.4, -0.2) is 60.5 Å². The number of anilines is 1. The predicted molar refractivity (Wildman–Crippen MR) is 86.0 cm³/mol. The number of pyridine rings is 1. The molecule has 1 saturated heterocycles. The molecule has 5 nitrogen and oxygen atoms in total. The Labute approximate surface area is 131 Å². The molecule has 21 heavy (non-hydrogen) atoms. The van der Waals surface area contributed by atoms with Crippen LogP contribution in [0.25, 0.3) is 0 Å². The molecule has 1 aliphatic heterocycles. The van der Waals surface area contributed by atoms with E-state index in [1.807, 2.05) is 25.9 Å². The Morgan fingerprint density at radius 2 is 2.29 bits per heavy atom. The van der Waals surface area contributed by atoms with Crippen LogP contribution in [0.15, 0.2) is 12.1 Å². The number of nitrogens with one attached hydrogen (secondary N) is 1. The fourth-order valence-corrected chi connectivity index (χ4v) is 2.98. The van der Waals surface area contributed by atoms with Crippen LogP contribution in [0.2, 0.25) is 5.15 Å². The van der Waals surface area contributed by atoms with E-state index in [1.165, 1.54) is 0 Å². The lowest BCUT2D eigenvalue weighted by atomic mass is 10.2. The van der Waals surface area contributed by atoms with Crippen molar-refractivity contribution >= 4 is 23.3 Å². The first kappa shape index (κ1) is 16.0. The highest BCUT2D eigenvalue weighted by Crippen LogP contribution is 2.23. The Hall–Kier alpha value is -1.33. The van der Waals surface area contributed by atoms with Crippen molar-refractivity contribution in [3.8, 4) is 0 Å². The smallest absolute Gasteiger partial charge is 0.254 e. The van der Waals surface area contributed by atoms with Gasteiger partial charge in [-0.2, -0.15) is 0 Å². The Balaban J connectivity index is 2.18. The van der Waals surface area contributed by atoms with Crippen LogP contribution in [0.3, 0.4) is 0 Å². The van der Waals surface area contributed by atoms with Crippen LogP contribution in [-0.2, 0) is 0 Å². The Kier molecular flexibility index (Phi) is 5.42. The summed E-state index contributed by atoms with van der Waals surface area (Å²) in [6.45, 7) is 4.43. The van der Waals surface area contributed by atoms with Gasteiger partial charge >= 0.3 is 0 Å². The van der Waals surface area contributed by atoms with Crippen LogP contribution in [0, 0.1) is 0 Å². The van der Waals surface area contributed by atoms with Crippen molar-refractivity contribution in [2.75, 3.05) is 39.0 Å². The van der Waals surface area contributed by atoms with Gasteiger partial charge in [0.2, 0.25) is 0 Å². The number of carbonyl (C=O) groups excluding carboxylic acids is 1. The summed E-state index contributed by atoms with van der Waals surface area (Å²) in [6.07, 6.45) is 2.12. The minimum atomic E-state index is 0.0443. The van der Waals surface area contributed by atoms with E-state index >= 15 is 0 Å². The monoisotopic (exact) mass is 310 g/mol. The minimum absolute atomic E-state index is 0.0443. The molecular weight excluding hydrogens is 288 g/mol. The van der Waals surface area contributed by atoms with Gasteiger partial charge in [-0.25, -0.2) is 4.98 Å². The summed E-state index contributed by atoms with van der Waals surface area (Å²) in [5.41, 5.74) is 0.608. The fraction of sp³-hybridized carbons (Fsp3) is 0.600. The van der Waals surface area contributed by atoms with E-state index in [4.69, 9.17) is 11.6 Å². The molecule has 1 aliphatic rings. The average molecular weight is 311 g/mol. The normalized spacial score (nSPS) is 18.3. The number of nitrogens with zero attached hydrogens (tertiary/aromatic N) is 3. The average Bonchev–Trinajstić information content (AvgIpc) is 2.84. The van der Waals surface area contributed by atoms with Crippen molar-refractivity contribution < 1.29 is 4.79 Å². The quantitative estimate of drug-likeness (QED) is 0.848. The Morgan fingerprint density at radius 1 is 1.52 bits per heavy atom. The number of amides is 1. The molecule has 1 atom stereocenters. The lowest BCUT2D eigenvalue weighted by molar-refractivity contribution is 0.0716. The van der Waals surface area contributed by atoms with Gasteiger partial charge in [0.1, 0.15) is 11.0 Å². The maximum atomic E-state index is 12.7. The van der Waals surface area contributed by atoms with Gasteiger partial charge in [-0.1, -0.05) is 11.6 Å². The van der Waals surface area contributed by atoms with Gasteiger partial charge in [0.15, 0.2) is 0 Å². The van der Waals surface area contributed by atoms with Crippen molar-refractivity contribution in [1.29, 1.82) is 0 Å². The van der Waals surface area contributed by atoms with Crippen LogP contribution >= 0.6 is 11.6 Å². The summed E-state index contributed by atoms with van der Waals surface area (Å²) in [4.78, 5) is 21.0. The highest BCUT2D eigenvalue weighted by Gasteiger charge is 2.30. The molecule has 1 amide bonds. The Morgan fingerprint density at radius 3 is 2.95 bits per heavy atom.